The van der Waals surface area contributed by atoms with Crippen molar-refractivity contribution >= 4 is 23.2 Å². The lowest BCUT2D eigenvalue weighted by atomic mass is 10.2. The van der Waals surface area contributed by atoms with Gasteiger partial charge >= 0.3 is 5.76 Å². The molecule has 4 aromatic rings. The van der Waals surface area contributed by atoms with E-state index in [2.05, 4.69) is 20.2 Å². The third-order valence-corrected chi connectivity index (χ3v) is 4.87. The summed E-state index contributed by atoms with van der Waals surface area (Å²) in [4.78, 5) is 19.6. The maximum Gasteiger partial charge on any atom is 0.434 e. The Kier molecular flexibility index (Phi) is 4.89. The van der Waals surface area contributed by atoms with Gasteiger partial charge in [0.2, 0.25) is 5.89 Å². The molecular formula is C18H13Cl2N5O3. The van der Waals surface area contributed by atoms with Crippen molar-refractivity contribution < 1.29 is 9.15 Å². The molecule has 0 fully saturated rings. The van der Waals surface area contributed by atoms with Gasteiger partial charge in [0.1, 0.15) is 12.4 Å². The Morgan fingerprint density at radius 1 is 1.25 bits per heavy atom. The van der Waals surface area contributed by atoms with E-state index in [1.165, 1.54) is 0 Å². The number of ether oxygens (including phenoxy) is 1. The summed E-state index contributed by atoms with van der Waals surface area (Å²) in [5.41, 5.74) is 2.02. The molecule has 0 unspecified atom stereocenters. The van der Waals surface area contributed by atoms with Crippen LogP contribution in [0.1, 0.15) is 11.5 Å². The summed E-state index contributed by atoms with van der Waals surface area (Å²) < 4.78 is 12.8. The minimum Gasteiger partial charge on any atom is -0.483 e. The fraction of sp³-hybridized carbons (Fsp3) is 0.111. The van der Waals surface area contributed by atoms with Crippen LogP contribution in [0.4, 0.5) is 0 Å². The van der Waals surface area contributed by atoms with Crippen LogP contribution < -0.4 is 10.5 Å². The van der Waals surface area contributed by atoms with Crippen molar-refractivity contribution in [2.24, 2.45) is 0 Å². The Morgan fingerprint density at radius 2 is 2.04 bits per heavy atom. The Bertz CT molecular complexity index is 1180. The summed E-state index contributed by atoms with van der Waals surface area (Å²) in [6.45, 7) is 1.99. The molecule has 10 heteroatoms. The molecule has 0 aliphatic heterocycles. The van der Waals surface area contributed by atoms with E-state index in [9.17, 15) is 4.79 Å². The fourth-order valence-corrected chi connectivity index (χ4v) is 3.03. The lowest BCUT2D eigenvalue weighted by Gasteiger charge is -2.14. The zero-order valence-corrected chi connectivity index (χ0v) is 16.0. The van der Waals surface area contributed by atoms with Crippen molar-refractivity contribution in [2.45, 2.75) is 13.5 Å². The van der Waals surface area contributed by atoms with E-state index in [0.29, 0.717) is 32.9 Å². The molecule has 8 nitrogen and oxygen atoms in total. The normalized spacial score (nSPS) is 11.0. The maximum atomic E-state index is 11.3. The molecule has 142 valence electrons. The van der Waals surface area contributed by atoms with Crippen LogP contribution in [-0.2, 0) is 6.61 Å². The van der Waals surface area contributed by atoms with Gasteiger partial charge in [0.15, 0.2) is 5.82 Å². The zero-order chi connectivity index (χ0) is 19.7. The standard InChI is InChI=1S/C18H13Cl2N5O3/c1-10-16(20)12(19)8-25(10)13-4-3-11(17-23-24-18(26)28-17)7-14(13)27-9-15-21-5-2-6-22-15/h2-8H,9H2,1H3,(H,24,26). The number of halogens is 2. The van der Waals surface area contributed by atoms with E-state index >= 15 is 0 Å². The van der Waals surface area contributed by atoms with Crippen molar-refractivity contribution in [1.82, 2.24) is 24.7 Å². The highest BCUT2D eigenvalue weighted by Crippen LogP contribution is 2.35. The van der Waals surface area contributed by atoms with E-state index in [-0.39, 0.29) is 12.5 Å². The van der Waals surface area contributed by atoms with Gasteiger partial charge in [-0.1, -0.05) is 23.2 Å². The number of H-pyrrole nitrogens is 1. The average molecular weight is 418 g/mol. The van der Waals surface area contributed by atoms with Crippen LogP contribution in [0.3, 0.4) is 0 Å². The number of aromatic amines is 1. The first-order valence-corrected chi connectivity index (χ1v) is 8.90. The van der Waals surface area contributed by atoms with E-state index in [4.69, 9.17) is 32.4 Å². The van der Waals surface area contributed by atoms with Crippen molar-refractivity contribution in [1.29, 1.82) is 0 Å². The molecule has 0 radical (unpaired) electrons. The Balaban J connectivity index is 1.77. The molecule has 4 rings (SSSR count). The van der Waals surface area contributed by atoms with Gasteiger partial charge in [-0.25, -0.2) is 19.9 Å². The van der Waals surface area contributed by atoms with Gasteiger partial charge in [0.25, 0.3) is 0 Å². The molecule has 0 saturated carbocycles. The number of rotatable bonds is 5. The monoisotopic (exact) mass is 417 g/mol. The summed E-state index contributed by atoms with van der Waals surface area (Å²) in [5, 5.41) is 6.98. The zero-order valence-electron chi connectivity index (χ0n) is 14.5. The van der Waals surface area contributed by atoms with Crippen molar-refractivity contribution in [3.05, 3.63) is 75.0 Å². The van der Waals surface area contributed by atoms with E-state index in [0.717, 1.165) is 5.69 Å². The second-order valence-corrected chi connectivity index (χ2v) is 6.59. The van der Waals surface area contributed by atoms with Gasteiger partial charge in [-0.2, -0.15) is 0 Å². The first-order valence-electron chi connectivity index (χ1n) is 8.15. The van der Waals surface area contributed by atoms with E-state index in [1.54, 1.807) is 42.9 Å². The van der Waals surface area contributed by atoms with Crippen molar-refractivity contribution in [3.63, 3.8) is 0 Å². The second kappa shape index (κ2) is 7.49. The van der Waals surface area contributed by atoms with E-state index < -0.39 is 5.76 Å². The first-order chi connectivity index (χ1) is 13.5. The smallest absolute Gasteiger partial charge is 0.434 e. The molecule has 3 heterocycles. The van der Waals surface area contributed by atoms with Gasteiger partial charge in [-0.15, -0.1) is 5.10 Å². The largest absolute Gasteiger partial charge is 0.483 e. The number of nitrogens with one attached hydrogen (secondary N) is 1. The second-order valence-electron chi connectivity index (χ2n) is 5.80. The molecule has 0 aliphatic carbocycles. The number of hydrogen-bond donors (Lipinski definition) is 1. The molecule has 0 saturated heterocycles. The third kappa shape index (κ3) is 3.51. The van der Waals surface area contributed by atoms with Gasteiger partial charge in [0.05, 0.1) is 15.7 Å². The van der Waals surface area contributed by atoms with E-state index in [1.807, 2.05) is 11.5 Å². The minimum atomic E-state index is -0.640. The molecule has 0 amide bonds. The summed E-state index contributed by atoms with van der Waals surface area (Å²) >= 11 is 12.4. The van der Waals surface area contributed by atoms with Gasteiger partial charge in [0, 0.05) is 29.8 Å². The minimum absolute atomic E-state index is 0.142. The molecule has 0 aliphatic rings. The van der Waals surface area contributed by atoms with Crippen LogP contribution in [0, 0.1) is 6.92 Å². The fourth-order valence-electron chi connectivity index (χ4n) is 2.66. The number of aromatic nitrogens is 5. The summed E-state index contributed by atoms with van der Waals surface area (Å²) in [6.07, 6.45) is 4.98. The topological polar surface area (TPSA) is 98.8 Å². The predicted molar refractivity (Wildman–Crippen MR) is 103 cm³/mol. The summed E-state index contributed by atoms with van der Waals surface area (Å²) in [7, 11) is 0. The maximum absolute atomic E-state index is 11.3. The Labute approximate surface area is 168 Å². The molecule has 3 aromatic heterocycles. The molecule has 0 atom stereocenters. The van der Waals surface area contributed by atoms with Crippen LogP contribution in [0.25, 0.3) is 17.1 Å². The SMILES string of the molecule is Cc1c(Cl)c(Cl)cn1-c1ccc(-c2n[nH]c(=O)o2)cc1OCc1ncccn1. The average Bonchev–Trinajstić information content (AvgIpc) is 3.26. The quantitative estimate of drug-likeness (QED) is 0.529. The highest BCUT2D eigenvalue weighted by molar-refractivity contribution is 6.42. The number of nitrogens with zero attached hydrogens (tertiary/aromatic N) is 4. The van der Waals surface area contributed by atoms with Crippen LogP contribution in [0.2, 0.25) is 10.0 Å². The Hall–Kier alpha value is -3.10. The van der Waals surface area contributed by atoms with Crippen molar-refractivity contribution in [3.8, 4) is 22.9 Å². The lowest BCUT2D eigenvalue weighted by molar-refractivity contribution is 0.295. The number of hydrogen-bond acceptors (Lipinski definition) is 6. The highest BCUT2D eigenvalue weighted by Gasteiger charge is 2.17. The van der Waals surface area contributed by atoms with Gasteiger partial charge in [-0.05, 0) is 31.2 Å². The lowest BCUT2D eigenvalue weighted by Crippen LogP contribution is -2.04. The van der Waals surface area contributed by atoms with Gasteiger partial charge in [-0.3, -0.25) is 0 Å². The molecular weight excluding hydrogens is 405 g/mol. The first kappa shape index (κ1) is 18.3. The summed E-state index contributed by atoms with van der Waals surface area (Å²) in [5.74, 6) is 0.518. The molecule has 1 aromatic carbocycles. The van der Waals surface area contributed by atoms with Crippen molar-refractivity contribution in [2.75, 3.05) is 0 Å². The highest BCUT2D eigenvalue weighted by atomic mass is 35.5. The molecule has 0 spiro atoms. The molecule has 28 heavy (non-hydrogen) atoms. The third-order valence-electron chi connectivity index (χ3n) is 4.01. The number of benzene rings is 1. The van der Waals surface area contributed by atoms with Crippen LogP contribution in [0.15, 0.2) is 52.1 Å². The Morgan fingerprint density at radius 3 is 2.68 bits per heavy atom. The van der Waals surface area contributed by atoms with Gasteiger partial charge < -0.3 is 13.7 Å². The van der Waals surface area contributed by atoms with Crippen LogP contribution in [0.5, 0.6) is 5.75 Å². The molecule has 1 N–H and O–H groups in total. The molecule has 0 bridgehead atoms. The predicted octanol–water partition coefficient (Wildman–Crippen LogP) is 3.80. The van der Waals surface area contributed by atoms with Crippen LogP contribution >= 0.6 is 23.2 Å². The summed E-state index contributed by atoms with van der Waals surface area (Å²) in [6, 6.07) is 6.98. The van der Waals surface area contributed by atoms with Crippen LogP contribution in [-0.4, -0.2) is 24.7 Å².